The highest BCUT2D eigenvalue weighted by Gasteiger charge is 2.28. The number of nitrogens with two attached hydrogens (primary N) is 1. The van der Waals surface area contributed by atoms with E-state index in [2.05, 4.69) is 5.43 Å². The van der Waals surface area contributed by atoms with Crippen molar-refractivity contribution in [3.05, 3.63) is 90.0 Å². The molecule has 0 saturated carbocycles. The number of nitrogens with zero attached hydrogens (tertiary/aromatic N) is 2. The van der Waals surface area contributed by atoms with E-state index < -0.39 is 5.91 Å². The molecule has 1 aromatic heterocycles. The number of halogens is 1. The number of nitrogens with one attached hydrogen (secondary N) is 1. The van der Waals surface area contributed by atoms with Gasteiger partial charge in [0.25, 0.3) is 11.8 Å². The van der Waals surface area contributed by atoms with Gasteiger partial charge in [-0.25, -0.2) is 10.8 Å². The standard InChI is InChI=1S/C27H21ClN4O3/c28-21-9-6-17(7-10-21)20-12-22(18-4-2-1-3-5-18)30-23(13-20)19-8-11-25-24(14-19)32(15-26(33)31-29)27(34)16-35-25/h1-14H,15-16,29H2,(H,31,33). The average molecular weight is 485 g/mol. The van der Waals surface area contributed by atoms with Crippen molar-refractivity contribution in [3.8, 4) is 39.4 Å². The van der Waals surface area contributed by atoms with Crippen LogP contribution in [0.15, 0.2) is 84.9 Å². The molecule has 0 spiro atoms. The molecule has 0 unspecified atom stereocenters. The maximum Gasteiger partial charge on any atom is 0.265 e. The lowest BCUT2D eigenvalue weighted by Crippen LogP contribution is -2.46. The van der Waals surface area contributed by atoms with E-state index >= 15 is 0 Å². The van der Waals surface area contributed by atoms with Crippen LogP contribution in [-0.4, -0.2) is 29.9 Å². The second kappa shape index (κ2) is 9.58. The first-order valence-corrected chi connectivity index (χ1v) is 11.3. The van der Waals surface area contributed by atoms with E-state index in [4.69, 9.17) is 27.2 Å². The number of ether oxygens (including phenoxy) is 1. The van der Waals surface area contributed by atoms with Crippen LogP contribution in [0.25, 0.3) is 33.6 Å². The van der Waals surface area contributed by atoms with Gasteiger partial charge in [-0.15, -0.1) is 0 Å². The maximum absolute atomic E-state index is 12.5. The second-order valence-corrected chi connectivity index (χ2v) is 8.45. The molecule has 3 N–H and O–H groups in total. The van der Waals surface area contributed by atoms with Crippen LogP contribution >= 0.6 is 11.6 Å². The van der Waals surface area contributed by atoms with E-state index in [9.17, 15) is 9.59 Å². The molecule has 174 valence electrons. The molecule has 2 amide bonds. The Morgan fingerprint density at radius 2 is 1.60 bits per heavy atom. The van der Waals surface area contributed by atoms with Gasteiger partial charge >= 0.3 is 0 Å². The number of anilines is 1. The monoisotopic (exact) mass is 484 g/mol. The Labute approximate surface area is 207 Å². The quantitative estimate of drug-likeness (QED) is 0.248. The Hall–Kier alpha value is -4.20. The van der Waals surface area contributed by atoms with Crippen molar-refractivity contribution in [1.82, 2.24) is 10.4 Å². The van der Waals surface area contributed by atoms with Gasteiger partial charge in [0, 0.05) is 16.1 Å². The second-order valence-electron chi connectivity index (χ2n) is 8.02. The van der Waals surface area contributed by atoms with Crippen LogP contribution in [0, 0.1) is 0 Å². The van der Waals surface area contributed by atoms with Crippen LogP contribution in [0.4, 0.5) is 5.69 Å². The summed E-state index contributed by atoms with van der Waals surface area (Å²) in [6, 6.07) is 27.0. The van der Waals surface area contributed by atoms with Crippen molar-refractivity contribution in [2.75, 3.05) is 18.1 Å². The molecule has 2 heterocycles. The summed E-state index contributed by atoms with van der Waals surface area (Å²) in [7, 11) is 0. The molecule has 0 atom stereocenters. The zero-order chi connectivity index (χ0) is 24.4. The van der Waals surface area contributed by atoms with Gasteiger partial charge in [0.05, 0.1) is 17.1 Å². The summed E-state index contributed by atoms with van der Waals surface area (Å²) >= 11 is 6.10. The van der Waals surface area contributed by atoms with E-state index in [1.807, 2.05) is 72.8 Å². The van der Waals surface area contributed by atoms with Gasteiger partial charge in [-0.05, 0) is 53.6 Å². The minimum atomic E-state index is -0.481. The number of carbonyl (C=O) groups excluding carboxylic acids is 2. The molecule has 3 aromatic carbocycles. The van der Waals surface area contributed by atoms with Gasteiger partial charge in [-0.1, -0.05) is 54.1 Å². The Morgan fingerprint density at radius 1 is 0.914 bits per heavy atom. The summed E-state index contributed by atoms with van der Waals surface area (Å²) in [4.78, 5) is 30.7. The van der Waals surface area contributed by atoms with Crippen molar-refractivity contribution < 1.29 is 14.3 Å². The van der Waals surface area contributed by atoms with Gasteiger partial charge in [-0.2, -0.15) is 0 Å². The molecule has 0 aliphatic carbocycles. The molecular formula is C27H21ClN4O3. The highest BCUT2D eigenvalue weighted by molar-refractivity contribution is 6.30. The third kappa shape index (κ3) is 4.73. The van der Waals surface area contributed by atoms with Crippen LogP contribution < -0.4 is 20.9 Å². The highest BCUT2D eigenvalue weighted by atomic mass is 35.5. The van der Waals surface area contributed by atoms with Gasteiger partial charge in [0.2, 0.25) is 0 Å². The van der Waals surface area contributed by atoms with E-state index in [1.54, 1.807) is 12.1 Å². The number of hydrazine groups is 1. The number of aromatic nitrogens is 1. The lowest BCUT2D eigenvalue weighted by molar-refractivity contribution is -0.125. The summed E-state index contributed by atoms with van der Waals surface area (Å²) in [5.41, 5.74) is 7.78. The molecule has 4 aromatic rings. The van der Waals surface area contributed by atoms with Crippen LogP contribution in [0.2, 0.25) is 5.02 Å². The van der Waals surface area contributed by atoms with Crippen molar-refractivity contribution in [1.29, 1.82) is 0 Å². The SMILES string of the molecule is NNC(=O)CN1C(=O)COc2ccc(-c3cc(-c4ccc(Cl)cc4)cc(-c4ccccc4)n3)cc21. The minimum Gasteiger partial charge on any atom is -0.482 e. The Bertz CT molecular complexity index is 1410. The summed E-state index contributed by atoms with van der Waals surface area (Å²) < 4.78 is 5.58. The molecule has 1 aliphatic heterocycles. The van der Waals surface area contributed by atoms with Gasteiger partial charge in [0.15, 0.2) is 6.61 Å². The van der Waals surface area contributed by atoms with E-state index in [1.165, 1.54) is 4.90 Å². The summed E-state index contributed by atoms with van der Waals surface area (Å²) in [5.74, 6) is 4.94. The summed E-state index contributed by atoms with van der Waals surface area (Å²) in [5, 5.41) is 0.660. The van der Waals surface area contributed by atoms with Crippen LogP contribution in [-0.2, 0) is 9.59 Å². The van der Waals surface area contributed by atoms with E-state index in [0.29, 0.717) is 22.2 Å². The van der Waals surface area contributed by atoms with Crippen molar-refractivity contribution in [2.24, 2.45) is 5.84 Å². The third-order valence-corrected chi connectivity index (χ3v) is 5.98. The summed E-state index contributed by atoms with van der Waals surface area (Å²) in [6.07, 6.45) is 0. The van der Waals surface area contributed by atoms with E-state index in [-0.39, 0.29) is 19.1 Å². The van der Waals surface area contributed by atoms with Gasteiger partial charge in [-0.3, -0.25) is 19.9 Å². The first kappa shape index (κ1) is 22.6. The highest BCUT2D eigenvalue weighted by Crippen LogP contribution is 2.37. The molecule has 0 fully saturated rings. The number of hydrogen-bond donors (Lipinski definition) is 2. The van der Waals surface area contributed by atoms with Crippen molar-refractivity contribution >= 4 is 29.1 Å². The summed E-state index contributed by atoms with van der Waals surface area (Å²) in [6.45, 7) is -0.352. The number of hydrogen-bond acceptors (Lipinski definition) is 5. The number of rotatable bonds is 5. The molecule has 0 bridgehead atoms. The van der Waals surface area contributed by atoms with Gasteiger partial charge < -0.3 is 4.74 Å². The molecule has 35 heavy (non-hydrogen) atoms. The number of amides is 2. The number of benzene rings is 3. The Balaban J connectivity index is 1.64. The number of pyridine rings is 1. The first-order valence-electron chi connectivity index (χ1n) is 10.9. The Morgan fingerprint density at radius 3 is 2.31 bits per heavy atom. The molecule has 5 rings (SSSR count). The normalized spacial score (nSPS) is 12.6. The topological polar surface area (TPSA) is 97.6 Å². The van der Waals surface area contributed by atoms with E-state index in [0.717, 1.165) is 27.9 Å². The first-order chi connectivity index (χ1) is 17.0. The van der Waals surface area contributed by atoms with Crippen LogP contribution in [0.3, 0.4) is 0 Å². The lowest BCUT2D eigenvalue weighted by Gasteiger charge is -2.29. The molecule has 8 heteroatoms. The molecule has 0 saturated heterocycles. The number of carbonyl (C=O) groups is 2. The van der Waals surface area contributed by atoms with Crippen LogP contribution in [0.1, 0.15) is 0 Å². The lowest BCUT2D eigenvalue weighted by atomic mass is 9.99. The minimum absolute atomic E-state index is 0.146. The fourth-order valence-corrected chi connectivity index (χ4v) is 4.09. The average Bonchev–Trinajstić information content (AvgIpc) is 2.90. The predicted molar refractivity (Wildman–Crippen MR) is 136 cm³/mol. The smallest absolute Gasteiger partial charge is 0.265 e. The maximum atomic E-state index is 12.5. The largest absolute Gasteiger partial charge is 0.482 e. The third-order valence-electron chi connectivity index (χ3n) is 5.73. The number of fused-ring (bicyclic) bond motifs is 1. The van der Waals surface area contributed by atoms with Gasteiger partial charge in [0.1, 0.15) is 12.3 Å². The fourth-order valence-electron chi connectivity index (χ4n) is 3.97. The molecular weight excluding hydrogens is 464 g/mol. The predicted octanol–water partition coefficient (Wildman–Crippen LogP) is 4.45. The molecule has 1 aliphatic rings. The molecule has 7 nitrogen and oxygen atoms in total. The van der Waals surface area contributed by atoms with Crippen LogP contribution in [0.5, 0.6) is 5.75 Å². The zero-order valence-electron chi connectivity index (χ0n) is 18.6. The van der Waals surface area contributed by atoms with Crippen molar-refractivity contribution in [2.45, 2.75) is 0 Å². The fraction of sp³-hybridized carbons (Fsp3) is 0.0741. The molecule has 0 radical (unpaired) electrons. The Kier molecular flexibility index (Phi) is 6.18. The zero-order valence-corrected chi connectivity index (χ0v) is 19.3. The van der Waals surface area contributed by atoms with Crippen molar-refractivity contribution in [3.63, 3.8) is 0 Å².